The van der Waals surface area contributed by atoms with Gasteiger partial charge < -0.3 is 19.5 Å². The van der Waals surface area contributed by atoms with E-state index in [4.69, 9.17) is 9.26 Å². The number of ether oxygens (including phenoxy) is 1. The van der Waals surface area contributed by atoms with E-state index in [1.807, 2.05) is 18.2 Å². The fourth-order valence-electron chi connectivity index (χ4n) is 3.10. The lowest BCUT2D eigenvalue weighted by molar-refractivity contribution is 0.125. The van der Waals surface area contributed by atoms with Crippen LogP contribution >= 0.6 is 0 Å². The molecule has 27 heavy (non-hydrogen) atoms. The number of carbonyl (C=O) groups excluding carboxylic acids is 1. The molecule has 1 N–H and O–H groups in total. The van der Waals surface area contributed by atoms with Crippen molar-refractivity contribution in [2.24, 2.45) is 5.92 Å². The van der Waals surface area contributed by atoms with Crippen LogP contribution in [0, 0.1) is 5.92 Å². The Hall–Kier alpha value is -2.41. The van der Waals surface area contributed by atoms with Crippen LogP contribution in [0.2, 0.25) is 0 Å². The summed E-state index contributed by atoms with van der Waals surface area (Å²) in [4.78, 5) is 18.4. The Bertz CT molecular complexity index is 739. The summed E-state index contributed by atoms with van der Waals surface area (Å²) < 4.78 is 11.0. The SMILES string of the molecule is O=C(NCCc1ccccc1)N1CC(c2nc(CCOCC3CC3)no2)C1. The molecule has 4 rings (SSSR count). The summed E-state index contributed by atoms with van der Waals surface area (Å²) >= 11 is 0. The van der Waals surface area contributed by atoms with Gasteiger partial charge in [0.05, 0.1) is 12.5 Å². The Labute approximate surface area is 159 Å². The molecule has 1 aliphatic heterocycles. The highest BCUT2D eigenvalue weighted by molar-refractivity contribution is 5.75. The lowest BCUT2D eigenvalue weighted by Crippen LogP contribution is -2.52. The van der Waals surface area contributed by atoms with E-state index >= 15 is 0 Å². The summed E-state index contributed by atoms with van der Waals surface area (Å²) in [5, 5.41) is 6.98. The first-order valence-electron chi connectivity index (χ1n) is 9.75. The zero-order valence-electron chi connectivity index (χ0n) is 15.5. The molecule has 0 atom stereocenters. The maximum absolute atomic E-state index is 12.2. The maximum atomic E-state index is 12.2. The molecule has 144 valence electrons. The Balaban J connectivity index is 1.13. The van der Waals surface area contributed by atoms with Gasteiger partial charge in [-0.25, -0.2) is 4.79 Å². The average Bonchev–Trinajstić information content (AvgIpc) is 3.36. The molecule has 2 fully saturated rings. The first kappa shape index (κ1) is 18.0. The first-order valence-corrected chi connectivity index (χ1v) is 9.75. The van der Waals surface area contributed by atoms with Crippen LogP contribution in [0.1, 0.15) is 36.0 Å². The van der Waals surface area contributed by atoms with Crippen LogP contribution in [0.15, 0.2) is 34.9 Å². The molecule has 0 unspecified atom stereocenters. The van der Waals surface area contributed by atoms with Gasteiger partial charge in [0.1, 0.15) is 0 Å². The minimum atomic E-state index is -0.0320. The number of aromatic nitrogens is 2. The van der Waals surface area contributed by atoms with Crippen LogP contribution < -0.4 is 5.32 Å². The standard InChI is InChI=1S/C20H26N4O3/c25-20(21-10-8-15-4-2-1-3-5-15)24-12-17(13-24)19-22-18(23-27-19)9-11-26-14-16-6-7-16/h1-5,16-17H,6-14H2,(H,21,25). The molecule has 7 nitrogen and oxygen atoms in total. The summed E-state index contributed by atoms with van der Waals surface area (Å²) in [6, 6.07) is 10.1. The van der Waals surface area contributed by atoms with Gasteiger partial charge in [-0.05, 0) is 30.7 Å². The van der Waals surface area contributed by atoms with Gasteiger partial charge in [-0.15, -0.1) is 0 Å². The number of amides is 2. The molecule has 7 heteroatoms. The monoisotopic (exact) mass is 370 g/mol. The van der Waals surface area contributed by atoms with Gasteiger partial charge in [0, 0.05) is 32.7 Å². The number of benzene rings is 1. The van der Waals surface area contributed by atoms with Crippen molar-refractivity contribution in [3.63, 3.8) is 0 Å². The second-order valence-electron chi connectivity index (χ2n) is 7.39. The van der Waals surface area contributed by atoms with Crippen LogP contribution in [0.4, 0.5) is 4.79 Å². The zero-order chi connectivity index (χ0) is 18.5. The van der Waals surface area contributed by atoms with Crippen molar-refractivity contribution in [1.82, 2.24) is 20.4 Å². The first-order chi connectivity index (χ1) is 13.3. The molecule has 2 heterocycles. The Kier molecular flexibility index (Phi) is 5.67. The van der Waals surface area contributed by atoms with Gasteiger partial charge in [0.2, 0.25) is 5.89 Å². The quantitative estimate of drug-likeness (QED) is 0.686. The predicted molar refractivity (Wildman–Crippen MR) is 99.4 cm³/mol. The molecule has 2 amide bonds. The van der Waals surface area contributed by atoms with E-state index in [1.54, 1.807) is 4.90 Å². The van der Waals surface area contributed by atoms with E-state index in [0.29, 0.717) is 44.4 Å². The molecule has 0 spiro atoms. The number of nitrogens with zero attached hydrogens (tertiary/aromatic N) is 3. The number of nitrogens with one attached hydrogen (secondary N) is 1. The van der Waals surface area contributed by atoms with E-state index < -0.39 is 0 Å². The number of likely N-dealkylation sites (tertiary alicyclic amines) is 1. The highest BCUT2D eigenvalue weighted by Gasteiger charge is 2.35. The van der Waals surface area contributed by atoms with Crippen molar-refractivity contribution in [2.45, 2.75) is 31.6 Å². The van der Waals surface area contributed by atoms with Gasteiger partial charge in [0.25, 0.3) is 0 Å². The van der Waals surface area contributed by atoms with Crippen LogP contribution in [-0.2, 0) is 17.6 Å². The molecular weight excluding hydrogens is 344 g/mol. The Morgan fingerprint density at radius 3 is 2.81 bits per heavy atom. The Morgan fingerprint density at radius 2 is 2.04 bits per heavy atom. The minimum Gasteiger partial charge on any atom is -0.381 e. The van der Waals surface area contributed by atoms with Crippen molar-refractivity contribution in [3.05, 3.63) is 47.6 Å². The molecule has 1 aliphatic carbocycles. The number of urea groups is 1. The van der Waals surface area contributed by atoms with Crippen LogP contribution in [-0.4, -0.2) is 53.9 Å². The molecule has 1 saturated heterocycles. The van der Waals surface area contributed by atoms with Crippen LogP contribution in [0.5, 0.6) is 0 Å². The largest absolute Gasteiger partial charge is 0.381 e. The van der Waals surface area contributed by atoms with Gasteiger partial charge >= 0.3 is 6.03 Å². The van der Waals surface area contributed by atoms with Crippen LogP contribution in [0.3, 0.4) is 0 Å². The minimum absolute atomic E-state index is 0.0320. The number of hydrogen-bond donors (Lipinski definition) is 1. The van der Waals surface area contributed by atoms with Gasteiger partial charge in [-0.1, -0.05) is 35.5 Å². The van der Waals surface area contributed by atoms with Crippen molar-refractivity contribution in [2.75, 3.05) is 32.8 Å². The summed E-state index contributed by atoms with van der Waals surface area (Å²) in [5.41, 5.74) is 1.22. The highest BCUT2D eigenvalue weighted by atomic mass is 16.5. The average molecular weight is 370 g/mol. The third-order valence-corrected chi connectivity index (χ3v) is 5.06. The van der Waals surface area contributed by atoms with E-state index in [1.165, 1.54) is 18.4 Å². The third kappa shape index (κ3) is 5.07. The molecule has 2 aliphatic rings. The molecule has 1 aromatic carbocycles. The Morgan fingerprint density at radius 1 is 1.22 bits per heavy atom. The summed E-state index contributed by atoms with van der Waals surface area (Å²) in [6.45, 7) is 3.36. The molecule has 2 aromatic rings. The normalized spacial score (nSPS) is 17.0. The van der Waals surface area contributed by atoms with Gasteiger partial charge in [-0.2, -0.15) is 4.98 Å². The highest BCUT2D eigenvalue weighted by Crippen LogP contribution is 2.29. The lowest BCUT2D eigenvalue weighted by atomic mass is 10.0. The van der Waals surface area contributed by atoms with Gasteiger partial charge in [0.15, 0.2) is 5.82 Å². The van der Waals surface area contributed by atoms with Crippen LogP contribution in [0.25, 0.3) is 0 Å². The third-order valence-electron chi connectivity index (χ3n) is 5.06. The van der Waals surface area contributed by atoms with E-state index in [-0.39, 0.29) is 11.9 Å². The van der Waals surface area contributed by atoms with Crippen molar-refractivity contribution >= 4 is 6.03 Å². The van der Waals surface area contributed by atoms with Gasteiger partial charge in [-0.3, -0.25) is 0 Å². The zero-order valence-corrected chi connectivity index (χ0v) is 15.5. The summed E-state index contributed by atoms with van der Waals surface area (Å²) in [6.07, 6.45) is 4.10. The van der Waals surface area contributed by atoms with E-state index in [9.17, 15) is 4.79 Å². The lowest BCUT2D eigenvalue weighted by Gasteiger charge is -2.36. The summed E-state index contributed by atoms with van der Waals surface area (Å²) in [5.74, 6) is 2.22. The van der Waals surface area contributed by atoms with E-state index in [2.05, 4.69) is 27.6 Å². The second-order valence-corrected chi connectivity index (χ2v) is 7.39. The van der Waals surface area contributed by atoms with E-state index in [0.717, 1.165) is 18.9 Å². The predicted octanol–water partition coefficient (Wildman–Crippen LogP) is 2.39. The van der Waals surface area contributed by atoms with Crippen molar-refractivity contribution in [3.8, 4) is 0 Å². The molecule has 1 saturated carbocycles. The number of carbonyl (C=O) groups is 1. The smallest absolute Gasteiger partial charge is 0.317 e. The molecule has 0 bridgehead atoms. The summed E-state index contributed by atoms with van der Waals surface area (Å²) in [7, 11) is 0. The van der Waals surface area contributed by atoms with Crippen molar-refractivity contribution in [1.29, 1.82) is 0 Å². The molecular formula is C20H26N4O3. The fraction of sp³-hybridized carbons (Fsp3) is 0.550. The topological polar surface area (TPSA) is 80.5 Å². The number of hydrogen-bond acceptors (Lipinski definition) is 5. The maximum Gasteiger partial charge on any atom is 0.317 e. The number of rotatable bonds is 9. The molecule has 0 radical (unpaired) electrons. The second kappa shape index (κ2) is 8.52. The van der Waals surface area contributed by atoms with Crippen molar-refractivity contribution < 1.29 is 14.1 Å². The fourth-order valence-corrected chi connectivity index (χ4v) is 3.10. The molecule has 1 aromatic heterocycles.